The smallest absolute Gasteiger partial charge is 0.232 e. The van der Waals surface area contributed by atoms with E-state index in [0.717, 1.165) is 65.1 Å². The van der Waals surface area contributed by atoms with E-state index < -0.39 is 0 Å². The van der Waals surface area contributed by atoms with Gasteiger partial charge in [0, 0.05) is 39.3 Å². The molecule has 2 aliphatic rings. The zero-order valence-corrected chi connectivity index (χ0v) is 15.9. The lowest BCUT2D eigenvalue weighted by Crippen LogP contribution is -2.49. The average molecular weight is 357 g/mol. The Hall–Kier alpha value is -1.88. The predicted molar refractivity (Wildman–Crippen MR) is 103 cm³/mol. The summed E-state index contributed by atoms with van der Waals surface area (Å²) in [6.07, 6.45) is 3.19. The molecule has 0 atom stereocenters. The Morgan fingerprint density at radius 2 is 1.46 bits per heavy atom. The predicted octanol–water partition coefficient (Wildman–Crippen LogP) is 2.02. The van der Waals surface area contributed by atoms with Gasteiger partial charge in [0.05, 0.1) is 0 Å². The number of hydrogen-bond donors (Lipinski definition) is 0. The van der Waals surface area contributed by atoms with E-state index in [4.69, 9.17) is 0 Å². The summed E-state index contributed by atoms with van der Waals surface area (Å²) in [5.41, 5.74) is 1.37. The van der Waals surface area contributed by atoms with Crippen molar-refractivity contribution in [1.29, 1.82) is 0 Å². The van der Waals surface area contributed by atoms with Crippen molar-refractivity contribution >= 4 is 11.8 Å². The standard InChI is InChI=1S/C21H31N3O2/c1-2-22-12-14-24(15-13-22)21(26)17-20(25)23-10-8-19(9-11-23)16-18-6-4-3-5-7-18/h3-7,19H,2,8-17H2,1H3. The van der Waals surface area contributed by atoms with Gasteiger partial charge in [-0.3, -0.25) is 9.59 Å². The van der Waals surface area contributed by atoms with Gasteiger partial charge in [-0.15, -0.1) is 0 Å². The summed E-state index contributed by atoms with van der Waals surface area (Å²) < 4.78 is 0. The molecule has 2 saturated heterocycles. The highest BCUT2D eigenvalue weighted by molar-refractivity contribution is 5.97. The SMILES string of the molecule is CCN1CCN(C(=O)CC(=O)N2CCC(Cc3ccccc3)CC2)CC1. The van der Waals surface area contributed by atoms with E-state index >= 15 is 0 Å². The zero-order chi connectivity index (χ0) is 18.4. The van der Waals surface area contributed by atoms with E-state index in [1.54, 1.807) is 0 Å². The Kier molecular flexibility index (Phi) is 6.67. The van der Waals surface area contributed by atoms with Crippen molar-refractivity contribution in [2.75, 3.05) is 45.8 Å². The maximum atomic E-state index is 12.5. The maximum absolute atomic E-state index is 12.5. The number of piperazine rings is 1. The minimum Gasteiger partial charge on any atom is -0.342 e. The first-order valence-electron chi connectivity index (χ1n) is 9.97. The Bertz CT molecular complexity index is 589. The molecule has 0 saturated carbocycles. The minimum atomic E-state index is -0.00263. The summed E-state index contributed by atoms with van der Waals surface area (Å²) in [5, 5.41) is 0. The van der Waals surface area contributed by atoms with E-state index in [0.29, 0.717) is 5.92 Å². The Morgan fingerprint density at radius 1 is 0.885 bits per heavy atom. The largest absolute Gasteiger partial charge is 0.342 e. The number of amides is 2. The van der Waals surface area contributed by atoms with Crippen LogP contribution in [-0.4, -0.2) is 72.3 Å². The summed E-state index contributed by atoms with van der Waals surface area (Å²) in [4.78, 5) is 31.0. The number of piperidine rings is 1. The topological polar surface area (TPSA) is 43.9 Å². The molecule has 5 nitrogen and oxygen atoms in total. The van der Waals surface area contributed by atoms with Crippen LogP contribution in [0.4, 0.5) is 0 Å². The van der Waals surface area contributed by atoms with Crippen molar-refractivity contribution < 1.29 is 9.59 Å². The number of benzene rings is 1. The molecule has 0 aliphatic carbocycles. The lowest BCUT2D eigenvalue weighted by molar-refractivity contribution is -0.142. The van der Waals surface area contributed by atoms with Gasteiger partial charge in [-0.2, -0.15) is 0 Å². The molecular formula is C21H31N3O2. The summed E-state index contributed by atoms with van der Waals surface area (Å²) in [7, 11) is 0. The lowest BCUT2D eigenvalue weighted by atomic mass is 9.90. The summed E-state index contributed by atoms with van der Waals surface area (Å²) in [6, 6.07) is 10.6. The molecule has 0 spiro atoms. The van der Waals surface area contributed by atoms with Crippen LogP contribution in [0.3, 0.4) is 0 Å². The number of carbonyl (C=O) groups excluding carboxylic acids is 2. The first kappa shape index (κ1) is 18.9. The Morgan fingerprint density at radius 3 is 2.04 bits per heavy atom. The molecule has 0 unspecified atom stereocenters. The number of hydrogen-bond acceptors (Lipinski definition) is 3. The minimum absolute atomic E-state index is 0.00263. The summed E-state index contributed by atoms with van der Waals surface area (Å²) in [6.45, 7) is 8.07. The van der Waals surface area contributed by atoms with Crippen molar-refractivity contribution in [1.82, 2.24) is 14.7 Å². The number of likely N-dealkylation sites (N-methyl/N-ethyl adjacent to an activating group) is 1. The molecule has 0 radical (unpaired) electrons. The van der Waals surface area contributed by atoms with Gasteiger partial charge >= 0.3 is 0 Å². The third-order valence-corrected chi connectivity index (χ3v) is 5.81. The highest BCUT2D eigenvalue weighted by Gasteiger charge is 2.27. The highest BCUT2D eigenvalue weighted by Crippen LogP contribution is 2.22. The first-order chi connectivity index (χ1) is 12.7. The van der Waals surface area contributed by atoms with Crippen molar-refractivity contribution in [2.45, 2.75) is 32.6 Å². The lowest BCUT2D eigenvalue weighted by Gasteiger charge is -2.35. The monoisotopic (exact) mass is 357 g/mol. The van der Waals surface area contributed by atoms with E-state index in [1.165, 1.54) is 5.56 Å². The van der Waals surface area contributed by atoms with Crippen LogP contribution in [-0.2, 0) is 16.0 Å². The van der Waals surface area contributed by atoms with E-state index in [2.05, 4.69) is 36.1 Å². The fraction of sp³-hybridized carbons (Fsp3) is 0.619. The molecule has 5 heteroatoms. The molecule has 1 aromatic rings. The van der Waals surface area contributed by atoms with Crippen molar-refractivity contribution in [3.63, 3.8) is 0 Å². The molecule has 0 bridgehead atoms. The van der Waals surface area contributed by atoms with Crippen LogP contribution >= 0.6 is 0 Å². The number of likely N-dealkylation sites (tertiary alicyclic amines) is 1. The molecule has 2 heterocycles. The van der Waals surface area contributed by atoms with Crippen LogP contribution < -0.4 is 0 Å². The maximum Gasteiger partial charge on any atom is 0.232 e. The van der Waals surface area contributed by atoms with E-state index in [1.807, 2.05) is 15.9 Å². The number of carbonyl (C=O) groups is 2. The fourth-order valence-electron chi connectivity index (χ4n) is 4.00. The van der Waals surface area contributed by atoms with Gasteiger partial charge in [0.15, 0.2) is 0 Å². The van der Waals surface area contributed by atoms with Gasteiger partial charge in [-0.1, -0.05) is 37.3 Å². The number of rotatable bonds is 5. The second kappa shape index (κ2) is 9.17. The molecule has 2 fully saturated rings. The Labute approximate surface area is 156 Å². The van der Waals surface area contributed by atoms with Crippen LogP contribution in [0, 0.1) is 5.92 Å². The van der Waals surface area contributed by atoms with Gasteiger partial charge in [0.25, 0.3) is 0 Å². The summed E-state index contributed by atoms with van der Waals surface area (Å²) >= 11 is 0. The van der Waals surface area contributed by atoms with Gasteiger partial charge in [0.2, 0.25) is 11.8 Å². The van der Waals surface area contributed by atoms with Crippen molar-refractivity contribution in [2.24, 2.45) is 5.92 Å². The third-order valence-electron chi connectivity index (χ3n) is 5.81. The van der Waals surface area contributed by atoms with Gasteiger partial charge in [-0.25, -0.2) is 0 Å². The number of nitrogens with zero attached hydrogens (tertiary/aromatic N) is 3. The normalized spacial score (nSPS) is 19.6. The zero-order valence-electron chi connectivity index (χ0n) is 15.9. The van der Waals surface area contributed by atoms with Crippen LogP contribution in [0.2, 0.25) is 0 Å². The summed E-state index contributed by atoms with van der Waals surface area (Å²) in [5.74, 6) is 0.641. The van der Waals surface area contributed by atoms with Gasteiger partial charge < -0.3 is 14.7 Å². The van der Waals surface area contributed by atoms with Gasteiger partial charge in [-0.05, 0) is 37.3 Å². The quantitative estimate of drug-likeness (QED) is 0.758. The van der Waals surface area contributed by atoms with Crippen LogP contribution in [0.1, 0.15) is 31.7 Å². The Balaban J connectivity index is 1.40. The van der Waals surface area contributed by atoms with Crippen LogP contribution in [0.5, 0.6) is 0 Å². The molecular weight excluding hydrogens is 326 g/mol. The van der Waals surface area contributed by atoms with E-state index in [-0.39, 0.29) is 18.2 Å². The van der Waals surface area contributed by atoms with Crippen LogP contribution in [0.15, 0.2) is 30.3 Å². The molecule has 2 amide bonds. The fourth-order valence-corrected chi connectivity index (χ4v) is 4.00. The van der Waals surface area contributed by atoms with Crippen LogP contribution in [0.25, 0.3) is 0 Å². The molecule has 26 heavy (non-hydrogen) atoms. The van der Waals surface area contributed by atoms with E-state index in [9.17, 15) is 9.59 Å². The second-order valence-corrected chi connectivity index (χ2v) is 7.51. The highest BCUT2D eigenvalue weighted by atomic mass is 16.2. The molecule has 0 aromatic heterocycles. The molecule has 2 aliphatic heterocycles. The average Bonchev–Trinajstić information content (AvgIpc) is 2.69. The third kappa shape index (κ3) is 5.07. The van der Waals surface area contributed by atoms with Crippen molar-refractivity contribution in [3.05, 3.63) is 35.9 Å². The molecule has 142 valence electrons. The van der Waals surface area contributed by atoms with Crippen molar-refractivity contribution in [3.8, 4) is 0 Å². The van der Waals surface area contributed by atoms with Gasteiger partial charge in [0.1, 0.15) is 6.42 Å². The second-order valence-electron chi connectivity index (χ2n) is 7.51. The molecule has 3 rings (SSSR count). The molecule has 0 N–H and O–H groups in total. The first-order valence-corrected chi connectivity index (χ1v) is 9.97. The molecule has 1 aromatic carbocycles.